The molecule has 4 heterocycles. The quantitative estimate of drug-likeness (QED) is 0.231. The van der Waals surface area contributed by atoms with Crippen LogP contribution in [-0.4, -0.2) is 39.6 Å². The Labute approximate surface area is 226 Å². The van der Waals surface area contributed by atoms with E-state index in [-0.39, 0.29) is 28.5 Å². The molecule has 11 heteroatoms. The number of carbonyl (C=O) groups excluding carboxylic acids is 1. The second-order valence-corrected chi connectivity index (χ2v) is 10.4. The van der Waals surface area contributed by atoms with Gasteiger partial charge >= 0.3 is 0 Å². The monoisotopic (exact) mass is 550 g/mol. The van der Waals surface area contributed by atoms with Crippen LogP contribution in [0, 0.1) is 0 Å². The molecule has 2 aromatic carbocycles. The Hall–Kier alpha value is -3.73. The van der Waals surface area contributed by atoms with Gasteiger partial charge in [-0.2, -0.15) is 5.12 Å². The number of nitrogens with one attached hydrogen (secondary N) is 2. The first-order valence-corrected chi connectivity index (χ1v) is 13.5. The van der Waals surface area contributed by atoms with Gasteiger partial charge in [-0.1, -0.05) is 16.1 Å². The molecule has 0 radical (unpaired) electrons. The number of hydrogen-bond acceptors (Lipinski definition) is 7. The summed E-state index contributed by atoms with van der Waals surface area (Å²) in [5.74, 6) is 1.13. The summed E-state index contributed by atoms with van der Waals surface area (Å²) in [7, 11) is 0. The third-order valence-corrected chi connectivity index (χ3v) is 7.72. The molecule has 6 rings (SSSR count). The Bertz CT molecular complexity index is 1620. The highest BCUT2D eigenvalue weighted by molar-refractivity contribution is 7.17. The maximum absolute atomic E-state index is 15.7. The van der Waals surface area contributed by atoms with Crippen molar-refractivity contribution < 1.29 is 14.0 Å². The smallest absolute Gasteiger partial charge is 0.237 e. The van der Waals surface area contributed by atoms with Crippen LogP contribution in [0.2, 0.25) is 5.02 Å². The second kappa shape index (κ2) is 10.6. The summed E-state index contributed by atoms with van der Waals surface area (Å²) in [5, 5.41) is 10.0. The minimum Gasteiger partial charge on any atom is -0.456 e. The van der Waals surface area contributed by atoms with E-state index in [0.29, 0.717) is 40.7 Å². The minimum absolute atomic E-state index is 0.0187. The molecule has 1 unspecified atom stereocenters. The highest BCUT2D eigenvalue weighted by Gasteiger charge is 2.22. The molecule has 38 heavy (non-hydrogen) atoms. The van der Waals surface area contributed by atoms with Gasteiger partial charge in [0.15, 0.2) is 5.82 Å². The molecule has 3 aromatic heterocycles. The van der Waals surface area contributed by atoms with Crippen LogP contribution in [0.3, 0.4) is 0 Å². The number of halogens is 2. The number of nitrogens with zero attached hydrogens (tertiary/aromatic N) is 4. The number of ether oxygens (including phenoxy) is 1. The Balaban J connectivity index is 1.20. The standard InChI is InChI=1S/C27H24ClFN6O2S/c28-20-14-18(4-6-23(20)37-19-5-3-17-8-13-38-24(17)15-19)35(29)26-25-21(32-16-33-26)7-11-34(25)12-10-31-27(36)22-2-1-9-30-22/h3-8,11,13-16,22,30H,1-2,9-10,12H2,(H,31,36). The van der Waals surface area contributed by atoms with E-state index in [9.17, 15) is 4.79 Å². The Kier molecular flexibility index (Phi) is 6.84. The molecular formula is C27H24ClFN6O2S. The fourth-order valence-corrected chi connectivity index (χ4v) is 5.65. The van der Waals surface area contributed by atoms with Gasteiger partial charge in [0.25, 0.3) is 0 Å². The minimum atomic E-state index is -0.146. The number of carbonyl (C=O) groups is 1. The average molecular weight is 551 g/mol. The molecule has 0 spiro atoms. The Morgan fingerprint density at radius 3 is 3.00 bits per heavy atom. The van der Waals surface area contributed by atoms with Crippen LogP contribution in [-0.2, 0) is 11.3 Å². The van der Waals surface area contributed by atoms with Crippen molar-refractivity contribution in [1.82, 2.24) is 25.2 Å². The Morgan fingerprint density at radius 2 is 2.16 bits per heavy atom. The lowest BCUT2D eigenvalue weighted by Crippen LogP contribution is -2.41. The average Bonchev–Trinajstić information content (AvgIpc) is 3.70. The highest BCUT2D eigenvalue weighted by atomic mass is 35.5. The summed E-state index contributed by atoms with van der Waals surface area (Å²) in [6, 6.07) is 14.2. The molecule has 0 bridgehead atoms. The fourth-order valence-electron chi connectivity index (χ4n) is 4.62. The summed E-state index contributed by atoms with van der Waals surface area (Å²) in [4.78, 5) is 20.8. The predicted octanol–water partition coefficient (Wildman–Crippen LogP) is 5.98. The Morgan fingerprint density at radius 1 is 1.24 bits per heavy atom. The number of hydrogen-bond donors (Lipinski definition) is 2. The molecule has 1 amide bonds. The van der Waals surface area contributed by atoms with E-state index in [4.69, 9.17) is 16.3 Å². The number of fused-ring (bicyclic) bond motifs is 2. The van der Waals surface area contributed by atoms with Crippen LogP contribution in [0.25, 0.3) is 21.1 Å². The van der Waals surface area contributed by atoms with Gasteiger partial charge in [0, 0.05) is 24.0 Å². The van der Waals surface area contributed by atoms with Crippen molar-refractivity contribution in [2.24, 2.45) is 0 Å². The van der Waals surface area contributed by atoms with Gasteiger partial charge < -0.3 is 19.9 Å². The van der Waals surface area contributed by atoms with Crippen LogP contribution in [0.1, 0.15) is 12.8 Å². The maximum atomic E-state index is 15.7. The van der Waals surface area contributed by atoms with Gasteiger partial charge in [0.2, 0.25) is 5.91 Å². The number of amides is 1. The van der Waals surface area contributed by atoms with Crippen LogP contribution in [0.5, 0.6) is 11.5 Å². The largest absolute Gasteiger partial charge is 0.456 e. The van der Waals surface area contributed by atoms with E-state index in [1.54, 1.807) is 29.5 Å². The molecule has 1 atom stereocenters. The van der Waals surface area contributed by atoms with Crippen molar-refractivity contribution in [1.29, 1.82) is 0 Å². The van der Waals surface area contributed by atoms with E-state index in [1.807, 2.05) is 40.4 Å². The molecule has 1 saturated heterocycles. The molecule has 1 aliphatic heterocycles. The molecule has 1 aliphatic rings. The van der Waals surface area contributed by atoms with Crippen LogP contribution in [0.4, 0.5) is 16.0 Å². The van der Waals surface area contributed by atoms with Crippen molar-refractivity contribution in [2.45, 2.75) is 25.4 Å². The fraction of sp³-hybridized carbons (Fsp3) is 0.222. The molecule has 0 saturated carbocycles. The second-order valence-electron chi connectivity index (χ2n) is 9.00. The summed E-state index contributed by atoms with van der Waals surface area (Å²) in [6.07, 6.45) is 4.96. The lowest BCUT2D eigenvalue weighted by molar-refractivity contribution is -0.122. The first kappa shape index (κ1) is 24.6. The van der Waals surface area contributed by atoms with E-state index >= 15 is 4.48 Å². The third-order valence-electron chi connectivity index (χ3n) is 6.54. The number of rotatable bonds is 8. The van der Waals surface area contributed by atoms with Crippen LogP contribution >= 0.6 is 22.9 Å². The zero-order valence-corrected chi connectivity index (χ0v) is 21.8. The highest BCUT2D eigenvalue weighted by Crippen LogP contribution is 2.37. The third kappa shape index (κ3) is 4.90. The van der Waals surface area contributed by atoms with Crippen LogP contribution in [0.15, 0.2) is 66.4 Å². The topological polar surface area (TPSA) is 84.3 Å². The molecule has 2 N–H and O–H groups in total. The van der Waals surface area contributed by atoms with E-state index in [2.05, 4.69) is 20.6 Å². The van der Waals surface area contributed by atoms with Crippen molar-refractivity contribution in [3.05, 3.63) is 71.5 Å². The zero-order chi connectivity index (χ0) is 26.1. The molecule has 8 nitrogen and oxygen atoms in total. The maximum Gasteiger partial charge on any atom is 0.237 e. The molecular weight excluding hydrogens is 527 g/mol. The van der Waals surface area contributed by atoms with Crippen molar-refractivity contribution in [2.75, 3.05) is 18.2 Å². The normalized spacial score (nSPS) is 15.3. The van der Waals surface area contributed by atoms with Gasteiger partial charge in [-0.25, -0.2) is 9.97 Å². The number of thiophene rings is 1. The molecule has 5 aromatic rings. The first-order chi connectivity index (χ1) is 18.6. The lowest BCUT2D eigenvalue weighted by atomic mass is 10.2. The number of aromatic nitrogens is 3. The van der Waals surface area contributed by atoms with Gasteiger partial charge in [-0.3, -0.25) is 4.79 Å². The summed E-state index contributed by atoms with van der Waals surface area (Å²) in [6.45, 7) is 1.70. The first-order valence-electron chi connectivity index (χ1n) is 12.3. The molecule has 1 fully saturated rings. The van der Waals surface area contributed by atoms with Gasteiger partial charge in [-0.15, -0.1) is 11.3 Å². The van der Waals surface area contributed by atoms with Crippen molar-refractivity contribution in [3.8, 4) is 11.5 Å². The van der Waals surface area contributed by atoms with E-state index in [1.165, 1.54) is 12.4 Å². The van der Waals surface area contributed by atoms with Gasteiger partial charge in [0.1, 0.15) is 23.3 Å². The number of anilines is 2. The van der Waals surface area contributed by atoms with Gasteiger partial charge in [0.05, 0.1) is 22.3 Å². The lowest BCUT2D eigenvalue weighted by Gasteiger charge is -2.17. The molecule has 0 aliphatic carbocycles. The van der Waals surface area contributed by atoms with Gasteiger partial charge in [-0.05, 0) is 78.7 Å². The summed E-state index contributed by atoms with van der Waals surface area (Å²) in [5.41, 5.74) is 1.31. The summed E-state index contributed by atoms with van der Waals surface area (Å²) >= 11 is 8.12. The zero-order valence-electron chi connectivity index (χ0n) is 20.2. The van der Waals surface area contributed by atoms with Crippen molar-refractivity contribution >= 4 is 61.5 Å². The van der Waals surface area contributed by atoms with E-state index in [0.717, 1.165) is 29.5 Å². The number of benzene rings is 2. The predicted molar refractivity (Wildman–Crippen MR) is 148 cm³/mol. The molecule has 194 valence electrons. The van der Waals surface area contributed by atoms with Crippen LogP contribution < -0.4 is 20.5 Å². The SMILES string of the molecule is O=C(NCCn1ccc2ncnc(N(F)c3ccc(Oc4ccc5ccsc5c4)c(Cl)c3)c21)C1CCCN1. The van der Waals surface area contributed by atoms with Crippen molar-refractivity contribution in [3.63, 3.8) is 0 Å². The summed E-state index contributed by atoms with van der Waals surface area (Å²) < 4.78 is 24.7. The van der Waals surface area contributed by atoms with E-state index < -0.39 is 0 Å².